The van der Waals surface area contributed by atoms with Crippen molar-refractivity contribution in [3.63, 3.8) is 0 Å². The summed E-state index contributed by atoms with van der Waals surface area (Å²) in [7, 11) is 0. The lowest BCUT2D eigenvalue weighted by Crippen LogP contribution is -2.14. The van der Waals surface area contributed by atoms with E-state index >= 15 is 0 Å². The number of aliphatic hydroxyl groups is 2. The van der Waals surface area contributed by atoms with Gasteiger partial charge in [-0.1, -0.05) is 43.5 Å². The smallest absolute Gasteiger partial charge is 0.123 e. The molecular formula is C34H46O4. The summed E-state index contributed by atoms with van der Waals surface area (Å²) >= 11 is 0. The van der Waals surface area contributed by atoms with E-state index in [-0.39, 0.29) is 13.2 Å². The van der Waals surface area contributed by atoms with Crippen LogP contribution in [0.25, 0.3) is 11.1 Å². The van der Waals surface area contributed by atoms with Crippen molar-refractivity contribution >= 4 is 0 Å². The molecule has 0 atom stereocenters. The van der Waals surface area contributed by atoms with Gasteiger partial charge in [-0.2, -0.15) is 0 Å². The van der Waals surface area contributed by atoms with Gasteiger partial charge >= 0.3 is 0 Å². The molecule has 3 rings (SSSR count). The number of hydrogen-bond acceptors (Lipinski definition) is 4. The number of ether oxygens (including phenoxy) is 2. The molecule has 38 heavy (non-hydrogen) atoms. The monoisotopic (exact) mass is 518 g/mol. The van der Waals surface area contributed by atoms with Crippen molar-refractivity contribution in [2.75, 3.05) is 26.4 Å². The third-order valence-corrected chi connectivity index (χ3v) is 7.64. The summed E-state index contributed by atoms with van der Waals surface area (Å²) in [6.45, 7) is 12.8. The molecule has 0 spiro atoms. The van der Waals surface area contributed by atoms with Crippen LogP contribution in [0.2, 0.25) is 0 Å². The molecule has 206 valence electrons. The number of aliphatic hydroxyl groups excluding tert-OH is 2. The third kappa shape index (κ3) is 9.18. The molecule has 2 aromatic rings. The predicted molar refractivity (Wildman–Crippen MR) is 158 cm³/mol. The minimum atomic E-state index is -0.0318. The molecule has 0 saturated heterocycles. The molecule has 4 heteroatoms. The first kappa shape index (κ1) is 29.7. The van der Waals surface area contributed by atoms with Crippen molar-refractivity contribution < 1.29 is 19.7 Å². The first-order chi connectivity index (χ1) is 18.4. The van der Waals surface area contributed by atoms with Gasteiger partial charge in [0.15, 0.2) is 0 Å². The van der Waals surface area contributed by atoms with Gasteiger partial charge in [-0.05, 0) is 110 Å². The van der Waals surface area contributed by atoms with Crippen LogP contribution in [0.15, 0.2) is 72.9 Å². The highest BCUT2D eigenvalue weighted by atomic mass is 16.5. The van der Waals surface area contributed by atoms with Gasteiger partial charge in [-0.25, -0.2) is 0 Å². The second kappa shape index (κ2) is 15.6. The van der Waals surface area contributed by atoms with Gasteiger partial charge in [0.2, 0.25) is 0 Å². The minimum Gasteiger partial charge on any atom is -0.493 e. The maximum atomic E-state index is 9.23. The van der Waals surface area contributed by atoms with E-state index in [1.807, 2.05) is 18.2 Å². The van der Waals surface area contributed by atoms with E-state index in [1.54, 1.807) is 0 Å². The molecule has 1 aliphatic rings. The molecule has 0 amide bonds. The molecule has 2 aromatic carbocycles. The van der Waals surface area contributed by atoms with Crippen LogP contribution in [0.1, 0.15) is 75.3 Å². The normalized spacial score (nSPS) is 17.5. The third-order valence-electron chi connectivity index (χ3n) is 7.64. The summed E-state index contributed by atoms with van der Waals surface area (Å²) in [5.74, 6) is 2.96. The zero-order valence-electron chi connectivity index (χ0n) is 23.4. The maximum Gasteiger partial charge on any atom is 0.123 e. The van der Waals surface area contributed by atoms with E-state index in [2.05, 4.69) is 57.4 Å². The van der Waals surface area contributed by atoms with Gasteiger partial charge < -0.3 is 19.7 Å². The second-order valence-electron chi connectivity index (χ2n) is 10.6. The number of aryl methyl sites for hydroxylation is 1. The van der Waals surface area contributed by atoms with Gasteiger partial charge in [-0.15, -0.1) is 0 Å². The topological polar surface area (TPSA) is 58.9 Å². The van der Waals surface area contributed by atoms with E-state index in [4.69, 9.17) is 9.47 Å². The van der Waals surface area contributed by atoms with Crippen molar-refractivity contribution in [3.05, 3.63) is 84.0 Å². The number of rotatable bonds is 15. The molecule has 1 aliphatic carbocycles. The first-order valence-corrected chi connectivity index (χ1v) is 14.1. The largest absolute Gasteiger partial charge is 0.493 e. The second-order valence-corrected chi connectivity index (χ2v) is 10.6. The summed E-state index contributed by atoms with van der Waals surface area (Å²) in [5, 5.41) is 18.5. The lowest BCUT2D eigenvalue weighted by molar-refractivity contribution is 0.285. The molecule has 2 N–H and O–H groups in total. The quantitative estimate of drug-likeness (QED) is 0.235. The van der Waals surface area contributed by atoms with Gasteiger partial charge in [0.1, 0.15) is 11.5 Å². The van der Waals surface area contributed by atoms with Gasteiger partial charge in [-0.3, -0.25) is 0 Å². The SMILES string of the molecule is C=C(CO)CCOc1cc(OCCC(=C)CO)cc(-c2ccc(C3CCC(CC/C=C/C)CC3)c(C)c2)c1. The maximum absolute atomic E-state index is 9.23. The number of hydrogen-bond donors (Lipinski definition) is 2. The van der Waals surface area contributed by atoms with Crippen molar-refractivity contribution in [2.45, 2.75) is 71.1 Å². The highest BCUT2D eigenvalue weighted by molar-refractivity contribution is 5.68. The summed E-state index contributed by atoms with van der Waals surface area (Å²) < 4.78 is 12.0. The lowest BCUT2D eigenvalue weighted by Gasteiger charge is -2.29. The van der Waals surface area contributed by atoms with Crippen LogP contribution in [0, 0.1) is 12.8 Å². The van der Waals surface area contributed by atoms with Gasteiger partial charge in [0.25, 0.3) is 0 Å². The average Bonchev–Trinajstić information content (AvgIpc) is 2.93. The Balaban J connectivity index is 1.73. The Hall–Kier alpha value is -2.82. The number of benzene rings is 2. The molecule has 0 heterocycles. The average molecular weight is 519 g/mol. The van der Waals surface area contributed by atoms with E-state index in [1.165, 1.54) is 49.7 Å². The van der Waals surface area contributed by atoms with Crippen LogP contribution < -0.4 is 9.47 Å². The fourth-order valence-corrected chi connectivity index (χ4v) is 5.26. The lowest BCUT2D eigenvalue weighted by atomic mass is 9.76. The molecular weight excluding hydrogens is 472 g/mol. The van der Waals surface area contributed by atoms with Crippen molar-refractivity contribution in [3.8, 4) is 22.6 Å². The fraction of sp³-hybridized carbons (Fsp3) is 0.471. The predicted octanol–water partition coefficient (Wildman–Crippen LogP) is 7.93. The Morgan fingerprint density at radius 3 is 2.00 bits per heavy atom. The fourth-order valence-electron chi connectivity index (χ4n) is 5.26. The Morgan fingerprint density at radius 2 is 1.47 bits per heavy atom. The van der Waals surface area contributed by atoms with E-state index < -0.39 is 0 Å². The summed E-state index contributed by atoms with van der Waals surface area (Å²) in [6.07, 6.45) is 13.4. The summed E-state index contributed by atoms with van der Waals surface area (Å²) in [6, 6.07) is 12.8. The van der Waals surface area contributed by atoms with Crippen LogP contribution >= 0.6 is 0 Å². The van der Waals surface area contributed by atoms with Crippen molar-refractivity contribution in [1.82, 2.24) is 0 Å². The molecule has 0 bridgehead atoms. The first-order valence-electron chi connectivity index (χ1n) is 14.1. The van der Waals surface area contributed by atoms with Gasteiger partial charge in [0.05, 0.1) is 26.4 Å². The van der Waals surface area contributed by atoms with Gasteiger partial charge in [0, 0.05) is 18.9 Å². The Bertz CT molecular complexity index is 1040. The van der Waals surface area contributed by atoms with Crippen molar-refractivity contribution in [2.24, 2.45) is 5.92 Å². The van der Waals surface area contributed by atoms with E-state index in [9.17, 15) is 10.2 Å². The standard InChI is InChI=1S/C34H46O4/c1-5-6-7-8-28-9-11-29(12-10-28)34-14-13-30(19-27(34)4)31-20-32(37-17-15-25(2)23-35)22-33(21-31)38-18-16-26(3)24-36/h5-6,13-14,19-22,28-29,35-36H,2-3,7-12,15-18,23-24H2,1,4H3/b6-5+. The van der Waals surface area contributed by atoms with E-state index in [0.717, 1.165) is 39.7 Å². The van der Waals surface area contributed by atoms with Crippen LogP contribution in [0.5, 0.6) is 11.5 Å². The molecule has 1 saturated carbocycles. The molecule has 0 aromatic heterocycles. The molecule has 1 fully saturated rings. The minimum absolute atomic E-state index is 0.0318. The molecule has 0 aliphatic heterocycles. The number of allylic oxidation sites excluding steroid dienone is 2. The Kier molecular flexibility index (Phi) is 12.2. The molecule has 4 nitrogen and oxygen atoms in total. The highest BCUT2D eigenvalue weighted by Crippen LogP contribution is 2.40. The van der Waals surface area contributed by atoms with Crippen LogP contribution in [-0.2, 0) is 0 Å². The Morgan fingerprint density at radius 1 is 0.868 bits per heavy atom. The zero-order valence-corrected chi connectivity index (χ0v) is 23.4. The van der Waals surface area contributed by atoms with Crippen LogP contribution in [-0.4, -0.2) is 36.6 Å². The summed E-state index contributed by atoms with van der Waals surface area (Å²) in [4.78, 5) is 0. The molecule has 0 unspecified atom stereocenters. The van der Waals surface area contributed by atoms with Crippen molar-refractivity contribution in [1.29, 1.82) is 0 Å². The Labute approximate surface area is 229 Å². The highest BCUT2D eigenvalue weighted by Gasteiger charge is 2.23. The van der Waals surface area contributed by atoms with Crippen LogP contribution in [0.3, 0.4) is 0 Å². The van der Waals surface area contributed by atoms with E-state index in [0.29, 0.717) is 32.0 Å². The molecule has 0 radical (unpaired) electrons. The zero-order chi connectivity index (χ0) is 27.3. The van der Waals surface area contributed by atoms with Crippen LogP contribution in [0.4, 0.5) is 0 Å². The summed E-state index contributed by atoms with van der Waals surface area (Å²) in [5.41, 5.74) is 6.50.